The van der Waals surface area contributed by atoms with Gasteiger partial charge in [-0.05, 0) is 63.6 Å². The van der Waals surface area contributed by atoms with Crippen LogP contribution in [0.25, 0.3) is 0 Å². The van der Waals surface area contributed by atoms with Crippen LogP contribution in [0.1, 0.15) is 40.0 Å². The summed E-state index contributed by atoms with van der Waals surface area (Å²) in [5.41, 5.74) is 5.39. The van der Waals surface area contributed by atoms with Crippen LogP contribution in [0.15, 0.2) is 52.2 Å². The average Bonchev–Trinajstić information content (AvgIpc) is 2.96. The monoisotopic (exact) mass is 438 g/mol. The van der Waals surface area contributed by atoms with Gasteiger partial charge in [0.15, 0.2) is 0 Å². The number of amides is 1. The molecule has 3 aliphatic rings. The molecule has 1 amide bonds. The second-order valence-corrected chi connectivity index (χ2v) is 7.84. The molecule has 3 heterocycles. The summed E-state index contributed by atoms with van der Waals surface area (Å²) in [7, 11) is 0. The molecule has 2 bridgehead atoms. The van der Waals surface area contributed by atoms with E-state index in [2.05, 4.69) is 28.8 Å². The highest BCUT2D eigenvalue weighted by molar-refractivity contribution is 5.98. The molecule has 0 aromatic carbocycles. The molecular formula is C23H33F3N4O. The van der Waals surface area contributed by atoms with Gasteiger partial charge in [-0.25, -0.2) is 0 Å². The minimum absolute atomic E-state index is 0.157. The van der Waals surface area contributed by atoms with Crippen LogP contribution in [-0.4, -0.2) is 55.4 Å². The molecule has 3 aliphatic heterocycles. The Labute approximate surface area is 182 Å². The molecule has 0 radical (unpaired) electrons. The second-order valence-electron chi connectivity index (χ2n) is 7.84. The van der Waals surface area contributed by atoms with Crippen molar-refractivity contribution >= 4 is 12.1 Å². The molecule has 0 aromatic heterocycles. The number of halogens is 3. The van der Waals surface area contributed by atoms with Crippen molar-refractivity contribution in [3.63, 3.8) is 0 Å². The summed E-state index contributed by atoms with van der Waals surface area (Å²) < 4.78 is 39.3. The Balaban J connectivity index is 0.000000258. The van der Waals surface area contributed by atoms with Crippen molar-refractivity contribution in [3.8, 4) is 0 Å². The summed E-state index contributed by atoms with van der Waals surface area (Å²) in [6.07, 6.45) is 6.96. The Bertz CT molecular complexity index is 757. The third kappa shape index (κ3) is 7.38. The quantitative estimate of drug-likeness (QED) is 0.513. The number of allylic oxidation sites excluding steroid dienone is 6. The van der Waals surface area contributed by atoms with E-state index in [1.807, 2.05) is 0 Å². The number of alkyl halides is 3. The summed E-state index contributed by atoms with van der Waals surface area (Å²) in [6, 6.07) is 0.413. The molecule has 1 unspecified atom stereocenters. The number of piperidine rings is 1. The first-order valence-corrected chi connectivity index (χ1v) is 10.8. The fraction of sp³-hybridized carbons (Fsp3) is 0.565. The van der Waals surface area contributed by atoms with Gasteiger partial charge in [-0.1, -0.05) is 30.4 Å². The Kier molecular flexibility index (Phi) is 9.55. The second kappa shape index (κ2) is 11.9. The molecule has 0 saturated carbocycles. The Morgan fingerprint density at radius 3 is 2.55 bits per heavy atom. The maximum Gasteiger partial charge on any atom is 0.416 e. The largest absolute Gasteiger partial charge is 0.416 e. The summed E-state index contributed by atoms with van der Waals surface area (Å²) >= 11 is 0. The van der Waals surface area contributed by atoms with Crippen LogP contribution in [0.4, 0.5) is 13.2 Å². The fourth-order valence-corrected chi connectivity index (χ4v) is 3.96. The van der Waals surface area contributed by atoms with Crippen LogP contribution in [0.2, 0.25) is 0 Å². The minimum atomic E-state index is -4.34. The standard InChI is InChI=1S/C15H20F3NO.C8H13N3/c1-3-5-6-13(14(4-2)15(16,17)18)12-7-9-19(11-20)10-8-12;1-6-7-2-3-9-5-8(4-7)11-10-6/h3-6,11-12H,7-10H2,1-2H3;4,8-9,11H,2-3,5H2,1H3/b5-3-,13-6-,14-4+;. The van der Waals surface area contributed by atoms with Crippen LogP contribution in [0.5, 0.6) is 0 Å². The highest BCUT2D eigenvalue weighted by Crippen LogP contribution is 2.38. The maximum absolute atomic E-state index is 13.1. The van der Waals surface area contributed by atoms with Crippen molar-refractivity contribution in [2.24, 2.45) is 11.0 Å². The average molecular weight is 439 g/mol. The molecule has 31 heavy (non-hydrogen) atoms. The van der Waals surface area contributed by atoms with Gasteiger partial charge in [-0.3, -0.25) is 4.79 Å². The summed E-state index contributed by atoms with van der Waals surface area (Å²) in [4.78, 5) is 12.3. The van der Waals surface area contributed by atoms with Gasteiger partial charge in [0.1, 0.15) is 0 Å². The molecule has 1 saturated heterocycles. The maximum atomic E-state index is 13.1. The Morgan fingerprint density at radius 1 is 1.26 bits per heavy atom. The number of carbonyl (C=O) groups excluding carboxylic acids is 1. The number of rotatable bonds is 4. The number of likely N-dealkylation sites (tertiary alicyclic amines) is 1. The topological polar surface area (TPSA) is 56.7 Å². The van der Waals surface area contributed by atoms with Crippen molar-refractivity contribution in [2.45, 2.75) is 52.3 Å². The number of hydrogen-bond donors (Lipinski definition) is 2. The third-order valence-corrected chi connectivity index (χ3v) is 5.69. The number of hydrogen-bond acceptors (Lipinski definition) is 4. The Morgan fingerprint density at radius 2 is 1.97 bits per heavy atom. The zero-order valence-corrected chi connectivity index (χ0v) is 18.5. The van der Waals surface area contributed by atoms with Gasteiger partial charge >= 0.3 is 6.18 Å². The van der Waals surface area contributed by atoms with Crippen molar-refractivity contribution in [1.29, 1.82) is 0 Å². The van der Waals surface area contributed by atoms with E-state index in [0.717, 1.165) is 37.7 Å². The van der Waals surface area contributed by atoms with Crippen LogP contribution < -0.4 is 10.7 Å². The van der Waals surface area contributed by atoms with Crippen LogP contribution >= 0.6 is 0 Å². The molecule has 8 heteroatoms. The van der Waals surface area contributed by atoms with Crippen molar-refractivity contribution in [2.75, 3.05) is 26.2 Å². The number of fused-ring (bicyclic) bond motifs is 1. The number of carbonyl (C=O) groups is 1. The molecule has 3 rings (SSSR count). The van der Waals surface area contributed by atoms with Gasteiger partial charge in [0.2, 0.25) is 6.41 Å². The summed E-state index contributed by atoms with van der Waals surface area (Å²) in [6.45, 7) is 8.34. The molecule has 1 atom stereocenters. The Hall–Kier alpha value is -2.35. The van der Waals surface area contributed by atoms with E-state index >= 15 is 0 Å². The van der Waals surface area contributed by atoms with Crippen molar-refractivity contribution < 1.29 is 18.0 Å². The highest BCUT2D eigenvalue weighted by atomic mass is 19.4. The van der Waals surface area contributed by atoms with Gasteiger partial charge < -0.3 is 15.6 Å². The normalized spacial score (nSPS) is 23.3. The molecular weight excluding hydrogens is 405 g/mol. The lowest BCUT2D eigenvalue weighted by Gasteiger charge is -2.32. The molecule has 0 aliphatic carbocycles. The van der Waals surface area contributed by atoms with Crippen LogP contribution in [-0.2, 0) is 4.79 Å². The zero-order chi connectivity index (χ0) is 22.9. The predicted molar refractivity (Wildman–Crippen MR) is 119 cm³/mol. The predicted octanol–water partition coefficient (Wildman–Crippen LogP) is 4.12. The number of nitrogens with zero attached hydrogens (tertiary/aromatic N) is 2. The van der Waals surface area contributed by atoms with E-state index in [4.69, 9.17) is 0 Å². The lowest BCUT2D eigenvalue weighted by atomic mass is 9.84. The smallest absolute Gasteiger partial charge is 0.345 e. The van der Waals surface area contributed by atoms with Crippen molar-refractivity contribution in [1.82, 2.24) is 15.6 Å². The van der Waals surface area contributed by atoms with E-state index in [9.17, 15) is 18.0 Å². The lowest BCUT2D eigenvalue weighted by Crippen LogP contribution is -2.35. The first-order valence-electron chi connectivity index (χ1n) is 10.8. The molecule has 0 spiro atoms. The van der Waals surface area contributed by atoms with Gasteiger partial charge in [-0.15, -0.1) is 0 Å². The highest BCUT2D eigenvalue weighted by Gasteiger charge is 2.38. The zero-order valence-electron chi connectivity index (χ0n) is 18.5. The summed E-state index contributed by atoms with van der Waals surface area (Å²) in [5.74, 6) is -0.157. The van der Waals surface area contributed by atoms with E-state index < -0.39 is 11.7 Å². The lowest BCUT2D eigenvalue weighted by molar-refractivity contribution is -0.119. The third-order valence-electron chi connectivity index (χ3n) is 5.69. The van der Waals surface area contributed by atoms with Gasteiger partial charge in [0, 0.05) is 19.6 Å². The van der Waals surface area contributed by atoms with E-state index in [1.165, 1.54) is 12.5 Å². The SMILES string of the molecule is CC1=NNC2C=C1CCNC2.C\C=C/C=C(\C(=C/C)C(F)(F)F)C1CCN(C=O)CC1. The van der Waals surface area contributed by atoms with Gasteiger partial charge in [0.25, 0.3) is 0 Å². The van der Waals surface area contributed by atoms with Gasteiger partial charge in [0.05, 0.1) is 17.3 Å². The molecule has 172 valence electrons. The fourth-order valence-electron chi connectivity index (χ4n) is 3.96. The molecule has 2 N–H and O–H groups in total. The van der Waals surface area contributed by atoms with Crippen LogP contribution in [0.3, 0.4) is 0 Å². The van der Waals surface area contributed by atoms with E-state index in [1.54, 1.807) is 30.1 Å². The number of nitrogens with one attached hydrogen (secondary N) is 2. The minimum Gasteiger partial charge on any atom is -0.345 e. The number of hydrazone groups is 1. The first-order chi connectivity index (χ1) is 14.8. The van der Waals surface area contributed by atoms with Crippen molar-refractivity contribution in [3.05, 3.63) is 47.1 Å². The van der Waals surface area contributed by atoms with Crippen LogP contribution in [0, 0.1) is 5.92 Å². The van der Waals surface area contributed by atoms with E-state index in [0.29, 0.717) is 37.5 Å². The molecule has 1 fully saturated rings. The summed E-state index contributed by atoms with van der Waals surface area (Å²) in [5, 5.41) is 7.58. The first kappa shape index (κ1) is 24.9. The molecule has 5 nitrogen and oxygen atoms in total. The molecule has 0 aromatic rings. The van der Waals surface area contributed by atoms with Gasteiger partial charge in [-0.2, -0.15) is 18.3 Å². The van der Waals surface area contributed by atoms with E-state index in [-0.39, 0.29) is 5.92 Å².